The monoisotopic (exact) mass is 214 g/mol. The standard InChI is InChI=1S/C4H4BrClO3/c5-2(4(8)9)1-3(6)7/h2H,1H2,(H,8,9). The van der Waals surface area contributed by atoms with E-state index in [2.05, 4.69) is 15.9 Å². The molecule has 0 aromatic heterocycles. The number of carboxylic acids is 1. The van der Waals surface area contributed by atoms with E-state index in [0.29, 0.717) is 0 Å². The van der Waals surface area contributed by atoms with Crippen molar-refractivity contribution in [3.8, 4) is 0 Å². The van der Waals surface area contributed by atoms with Gasteiger partial charge in [0.2, 0.25) is 5.24 Å². The first kappa shape index (κ1) is 8.91. The van der Waals surface area contributed by atoms with Crippen molar-refractivity contribution in [1.82, 2.24) is 0 Å². The van der Waals surface area contributed by atoms with Gasteiger partial charge in [0.15, 0.2) is 0 Å². The predicted molar refractivity (Wildman–Crippen MR) is 35.8 cm³/mol. The molecule has 9 heavy (non-hydrogen) atoms. The van der Waals surface area contributed by atoms with E-state index < -0.39 is 16.0 Å². The lowest BCUT2D eigenvalue weighted by atomic mass is 10.3. The number of hydrogen-bond donors (Lipinski definition) is 1. The molecular weight excluding hydrogens is 211 g/mol. The third-order valence-corrected chi connectivity index (χ3v) is 1.48. The highest BCUT2D eigenvalue weighted by Gasteiger charge is 2.15. The lowest BCUT2D eigenvalue weighted by molar-refractivity contribution is -0.137. The van der Waals surface area contributed by atoms with Gasteiger partial charge in [-0.1, -0.05) is 15.9 Å². The van der Waals surface area contributed by atoms with Crippen LogP contribution in [-0.4, -0.2) is 21.1 Å². The number of aliphatic carboxylic acids is 1. The number of carboxylic acid groups (broad SMARTS) is 1. The number of carbonyl (C=O) groups excluding carboxylic acids is 1. The zero-order valence-corrected chi connectivity index (χ0v) is 6.65. The fraction of sp³-hybridized carbons (Fsp3) is 0.500. The minimum atomic E-state index is -1.08. The molecule has 0 radical (unpaired) electrons. The van der Waals surface area contributed by atoms with Crippen molar-refractivity contribution in [3.63, 3.8) is 0 Å². The summed E-state index contributed by atoms with van der Waals surface area (Å²) < 4.78 is 0. The maximum atomic E-state index is 10.0. The van der Waals surface area contributed by atoms with Crippen molar-refractivity contribution < 1.29 is 14.7 Å². The molecule has 0 saturated heterocycles. The highest BCUT2D eigenvalue weighted by Crippen LogP contribution is 2.06. The topological polar surface area (TPSA) is 54.4 Å². The van der Waals surface area contributed by atoms with Crippen LogP contribution < -0.4 is 0 Å². The maximum absolute atomic E-state index is 10.0. The van der Waals surface area contributed by atoms with E-state index in [9.17, 15) is 9.59 Å². The van der Waals surface area contributed by atoms with E-state index in [1.54, 1.807) is 0 Å². The van der Waals surface area contributed by atoms with Gasteiger partial charge in [0.25, 0.3) is 0 Å². The molecule has 0 spiro atoms. The zero-order chi connectivity index (χ0) is 7.44. The molecule has 0 bridgehead atoms. The second kappa shape index (κ2) is 3.85. The van der Waals surface area contributed by atoms with E-state index in [1.807, 2.05) is 0 Å². The van der Waals surface area contributed by atoms with Crippen LogP contribution in [-0.2, 0) is 9.59 Å². The number of hydrogen-bond acceptors (Lipinski definition) is 2. The van der Waals surface area contributed by atoms with Crippen LogP contribution in [0.15, 0.2) is 0 Å². The summed E-state index contributed by atoms with van der Waals surface area (Å²) in [7, 11) is 0. The molecule has 0 fully saturated rings. The van der Waals surface area contributed by atoms with Crippen LogP contribution >= 0.6 is 27.5 Å². The third-order valence-electron chi connectivity index (χ3n) is 0.608. The van der Waals surface area contributed by atoms with Gasteiger partial charge in [-0.25, -0.2) is 0 Å². The molecular formula is C4H4BrClO3. The van der Waals surface area contributed by atoms with Crippen molar-refractivity contribution in [2.24, 2.45) is 0 Å². The molecule has 0 amide bonds. The molecule has 3 nitrogen and oxygen atoms in total. The van der Waals surface area contributed by atoms with Crippen LogP contribution in [0.4, 0.5) is 0 Å². The van der Waals surface area contributed by atoms with E-state index >= 15 is 0 Å². The molecule has 0 aromatic carbocycles. The van der Waals surface area contributed by atoms with Crippen molar-refractivity contribution in [2.75, 3.05) is 0 Å². The molecule has 1 unspecified atom stereocenters. The predicted octanol–water partition coefficient (Wildman–Crippen LogP) is 0.990. The number of halogens is 2. The summed E-state index contributed by atoms with van der Waals surface area (Å²) in [5.41, 5.74) is 0. The van der Waals surface area contributed by atoms with Crippen LogP contribution in [0, 0.1) is 0 Å². The van der Waals surface area contributed by atoms with Gasteiger partial charge in [-0.3, -0.25) is 9.59 Å². The molecule has 52 valence electrons. The molecule has 0 aromatic rings. The van der Waals surface area contributed by atoms with Crippen molar-refractivity contribution in [2.45, 2.75) is 11.2 Å². The molecule has 0 heterocycles. The van der Waals surface area contributed by atoms with Crippen LogP contribution in [0.3, 0.4) is 0 Å². The van der Waals surface area contributed by atoms with Gasteiger partial charge >= 0.3 is 5.97 Å². The van der Waals surface area contributed by atoms with Gasteiger partial charge in [-0.15, -0.1) is 0 Å². The molecule has 0 aliphatic rings. The van der Waals surface area contributed by atoms with E-state index in [4.69, 9.17) is 16.7 Å². The molecule has 1 N–H and O–H groups in total. The molecule has 5 heteroatoms. The molecule has 0 saturated carbocycles. The third kappa shape index (κ3) is 4.42. The van der Waals surface area contributed by atoms with E-state index in [1.165, 1.54) is 0 Å². The number of carbonyl (C=O) groups is 2. The Morgan fingerprint density at radius 3 is 2.22 bits per heavy atom. The number of rotatable bonds is 3. The second-order valence-electron chi connectivity index (χ2n) is 1.37. The second-order valence-corrected chi connectivity index (χ2v) is 2.89. The Hall–Kier alpha value is -0.0900. The Kier molecular flexibility index (Phi) is 3.81. The molecule has 0 aliphatic carbocycles. The Balaban J connectivity index is 3.63. The Labute approximate surface area is 65.1 Å². The van der Waals surface area contributed by atoms with Gasteiger partial charge in [-0.05, 0) is 11.6 Å². The van der Waals surface area contributed by atoms with Crippen LogP contribution in [0.25, 0.3) is 0 Å². The van der Waals surface area contributed by atoms with E-state index in [-0.39, 0.29) is 6.42 Å². The summed E-state index contributed by atoms with van der Waals surface area (Å²) in [4.78, 5) is 19.1. The van der Waals surface area contributed by atoms with Gasteiger partial charge in [0.1, 0.15) is 4.83 Å². The fourth-order valence-electron chi connectivity index (χ4n) is 0.228. The van der Waals surface area contributed by atoms with Crippen LogP contribution in [0.2, 0.25) is 0 Å². The summed E-state index contributed by atoms with van der Waals surface area (Å²) in [5.74, 6) is -1.08. The summed E-state index contributed by atoms with van der Waals surface area (Å²) >= 11 is 7.62. The largest absolute Gasteiger partial charge is 0.480 e. The van der Waals surface area contributed by atoms with Crippen molar-refractivity contribution in [3.05, 3.63) is 0 Å². The lowest BCUT2D eigenvalue weighted by Gasteiger charge is -1.96. The number of alkyl halides is 1. The lowest BCUT2D eigenvalue weighted by Crippen LogP contribution is -2.14. The first-order chi connectivity index (χ1) is 4.04. The smallest absolute Gasteiger partial charge is 0.317 e. The highest BCUT2D eigenvalue weighted by molar-refractivity contribution is 9.10. The maximum Gasteiger partial charge on any atom is 0.317 e. The summed E-state index contributed by atoms with van der Waals surface area (Å²) in [6.07, 6.45) is -0.184. The Bertz CT molecular complexity index is 136. The highest BCUT2D eigenvalue weighted by atomic mass is 79.9. The van der Waals surface area contributed by atoms with Crippen LogP contribution in [0.1, 0.15) is 6.42 Å². The van der Waals surface area contributed by atoms with Crippen LogP contribution in [0.5, 0.6) is 0 Å². The minimum Gasteiger partial charge on any atom is -0.480 e. The van der Waals surface area contributed by atoms with Gasteiger partial charge in [-0.2, -0.15) is 0 Å². The van der Waals surface area contributed by atoms with Gasteiger partial charge in [0, 0.05) is 6.42 Å². The Morgan fingerprint density at radius 2 is 2.11 bits per heavy atom. The minimum absolute atomic E-state index is 0.184. The fourth-order valence-corrected chi connectivity index (χ4v) is 0.863. The first-order valence-corrected chi connectivity index (χ1v) is 3.38. The van der Waals surface area contributed by atoms with E-state index in [0.717, 1.165) is 0 Å². The SMILES string of the molecule is O=C(Cl)CC(Br)C(=O)O. The first-order valence-electron chi connectivity index (χ1n) is 2.09. The average molecular weight is 215 g/mol. The van der Waals surface area contributed by atoms with Crippen molar-refractivity contribution in [1.29, 1.82) is 0 Å². The Morgan fingerprint density at radius 1 is 1.67 bits per heavy atom. The van der Waals surface area contributed by atoms with Crippen molar-refractivity contribution >= 4 is 38.7 Å². The molecule has 1 atom stereocenters. The van der Waals surface area contributed by atoms with Gasteiger partial charge in [0.05, 0.1) is 0 Å². The summed E-state index contributed by atoms with van der Waals surface area (Å²) in [6.45, 7) is 0. The zero-order valence-electron chi connectivity index (χ0n) is 4.30. The molecule has 0 rings (SSSR count). The van der Waals surface area contributed by atoms with Gasteiger partial charge < -0.3 is 5.11 Å². The molecule has 0 aliphatic heterocycles. The normalized spacial score (nSPS) is 12.7. The average Bonchev–Trinajstić information content (AvgIpc) is 1.63. The summed E-state index contributed by atoms with van der Waals surface area (Å²) in [6, 6.07) is 0. The quantitative estimate of drug-likeness (QED) is 0.564. The summed E-state index contributed by atoms with van der Waals surface area (Å²) in [5, 5.41) is 7.52.